The van der Waals surface area contributed by atoms with Crippen LogP contribution < -0.4 is 4.74 Å². The minimum atomic E-state index is -0.697. The van der Waals surface area contributed by atoms with Crippen LogP contribution in [0.1, 0.15) is 12.5 Å². The van der Waals surface area contributed by atoms with E-state index in [0.717, 1.165) is 24.3 Å². The Kier molecular flexibility index (Phi) is 4.63. The molecule has 0 saturated carbocycles. The fraction of sp³-hybridized carbons (Fsp3) is 0.250. The largest absolute Gasteiger partial charge is 0.494 e. The molecule has 92 valence electrons. The van der Waals surface area contributed by atoms with Crippen LogP contribution in [0.2, 0.25) is 0 Å². The van der Waals surface area contributed by atoms with Crippen LogP contribution in [0.3, 0.4) is 0 Å². The van der Waals surface area contributed by atoms with Crippen molar-refractivity contribution in [2.45, 2.75) is 6.92 Å². The molecular formula is C12H12F2O3. The highest BCUT2D eigenvalue weighted by molar-refractivity contribution is 5.87. The van der Waals surface area contributed by atoms with E-state index in [1.54, 1.807) is 6.92 Å². The number of benzene rings is 1. The summed E-state index contributed by atoms with van der Waals surface area (Å²) in [5.41, 5.74) is -0.0450. The van der Waals surface area contributed by atoms with Gasteiger partial charge in [-0.3, -0.25) is 0 Å². The minimum absolute atomic E-state index is 0.0450. The van der Waals surface area contributed by atoms with Crippen LogP contribution in [-0.2, 0) is 9.53 Å². The molecule has 5 heteroatoms. The van der Waals surface area contributed by atoms with Gasteiger partial charge in [0.15, 0.2) is 11.6 Å². The zero-order valence-electron chi connectivity index (χ0n) is 9.50. The SMILES string of the molecule is CCOC(=O)/C=C/c1cc(F)c(OC)cc1F. The predicted molar refractivity (Wildman–Crippen MR) is 58.6 cm³/mol. The molecule has 0 amide bonds. The summed E-state index contributed by atoms with van der Waals surface area (Å²) in [6, 6.07) is 1.87. The number of halogens is 2. The Morgan fingerprint density at radius 3 is 2.65 bits per heavy atom. The third-order valence-electron chi connectivity index (χ3n) is 1.96. The number of ether oxygens (including phenoxy) is 2. The summed E-state index contributed by atoms with van der Waals surface area (Å²) in [6.45, 7) is 1.88. The third-order valence-corrected chi connectivity index (χ3v) is 1.96. The molecule has 17 heavy (non-hydrogen) atoms. The number of esters is 1. The summed E-state index contributed by atoms with van der Waals surface area (Å²) >= 11 is 0. The van der Waals surface area contributed by atoms with E-state index in [4.69, 9.17) is 0 Å². The van der Waals surface area contributed by atoms with Gasteiger partial charge in [-0.15, -0.1) is 0 Å². The lowest BCUT2D eigenvalue weighted by atomic mass is 10.2. The molecule has 0 unspecified atom stereocenters. The standard InChI is InChI=1S/C12H12F2O3/c1-3-17-12(15)5-4-8-6-10(14)11(16-2)7-9(8)13/h4-7H,3H2,1-2H3/b5-4+. The van der Waals surface area contributed by atoms with Gasteiger partial charge in [-0.05, 0) is 19.1 Å². The Bertz CT molecular complexity index is 442. The van der Waals surface area contributed by atoms with Crippen molar-refractivity contribution in [3.05, 3.63) is 35.4 Å². The van der Waals surface area contributed by atoms with Crippen molar-refractivity contribution < 1.29 is 23.0 Å². The average molecular weight is 242 g/mol. The van der Waals surface area contributed by atoms with Crippen molar-refractivity contribution in [3.63, 3.8) is 0 Å². The zero-order valence-corrected chi connectivity index (χ0v) is 9.50. The number of rotatable bonds is 4. The molecule has 0 N–H and O–H groups in total. The Labute approximate surface area is 97.7 Å². The van der Waals surface area contributed by atoms with E-state index < -0.39 is 17.6 Å². The van der Waals surface area contributed by atoms with E-state index in [-0.39, 0.29) is 17.9 Å². The first kappa shape index (κ1) is 13.2. The van der Waals surface area contributed by atoms with Crippen molar-refractivity contribution >= 4 is 12.0 Å². The molecule has 0 aliphatic carbocycles. The van der Waals surface area contributed by atoms with Crippen molar-refractivity contribution in [2.24, 2.45) is 0 Å². The fourth-order valence-electron chi connectivity index (χ4n) is 1.18. The van der Waals surface area contributed by atoms with Gasteiger partial charge in [-0.2, -0.15) is 0 Å². The lowest BCUT2D eigenvalue weighted by Crippen LogP contribution is -1.99. The van der Waals surface area contributed by atoms with Gasteiger partial charge in [0, 0.05) is 17.7 Å². The number of carbonyl (C=O) groups excluding carboxylic acids is 1. The molecule has 0 aliphatic rings. The van der Waals surface area contributed by atoms with Gasteiger partial charge in [-0.25, -0.2) is 13.6 Å². The molecule has 0 bridgehead atoms. The Morgan fingerprint density at radius 1 is 1.35 bits per heavy atom. The molecule has 3 nitrogen and oxygen atoms in total. The third kappa shape index (κ3) is 3.55. The normalized spacial score (nSPS) is 10.6. The maximum atomic E-state index is 13.4. The summed E-state index contributed by atoms with van der Waals surface area (Å²) in [5.74, 6) is -2.17. The number of methoxy groups -OCH3 is 1. The van der Waals surface area contributed by atoms with Crippen LogP contribution >= 0.6 is 0 Å². The second-order valence-electron chi connectivity index (χ2n) is 3.09. The molecule has 0 radical (unpaired) electrons. The van der Waals surface area contributed by atoms with Crippen molar-refractivity contribution in [2.75, 3.05) is 13.7 Å². The van der Waals surface area contributed by atoms with Crippen LogP contribution in [0, 0.1) is 11.6 Å². The number of carbonyl (C=O) groups is 1. The Morgan fingerprint density at radius 2 is 2.06 bits per heavy atom. The minimum Gasteiger partial charge on any atom is -0.494 e. The van der Waals surface area contributed by atoms with Gasteiger partial charge in [0.2, 0.25) is 0 Å². The summed E-state index contributed by atoms with van der Waals surface area (Å²) < 4.78 is 35.9. The summed E-state index contributed by atoms with van der Waals surface area (Å²) in [7, 11) is 1.24. The second kappa shape index (κ2) is 5.98. The summed E-state index contributed by atoms with van der Waals surface area (Å²) in [4.78, 5) is 11.0. The summed E-state index contributed by atoms with van der Waals surface area (Å²) in [5, 5.41) is 0. The maximum absolute atomic E-state index is 13.4. The number of hydrogen-bond donors (Lipinski definition) is 0. The van der Waals surface area contributed by atoms with E-state index in [1.807, 2.05) is 0 Å². The van der Waals surface area contributed by atoms with Crippen molar-refractivity contribution in [1.82, 2.24) is 0 Å². The molecule has 0 fully saturated rings. The highest BCUT2D eigenvalue weighted by atomic mass is 19.1. The van der Waals surface area contributed by atoms with E-state index in [1.165, 1.54) is 7.11 Å². The predicted octanol–water partition coefficient (Wildman–Crippen LogP) is 2.55. The lowest BCUT2D eigenvalue weighted by Gasteiger charge is -2.03. The fourth-order valence-corrected chi connectivity index (χ4v) is 1.18. The van der Waals surface area contributed by atoms with E-state index >= 15 is 0 Å². The van der Waals surface area contributed by atoms with Gasteiger partial charge in [0.25, 0.3) is 0 Å². The molecule has 1 rings (SSSR count). The van der Waals surface area contributed by atoms with Gasteiger partial charge in [-0.1, -0.05) is 0 Å². The van der Waals surface area contributed by atoms with E-state index in [2.05, 4.69) is 9.47 Å². The van der Waals surface area contributed by atoms with E-state index in [9.17, 15) is 13.6 Å². The van der Waals surface area contributed by atoms with Crippen LogP contribution in [0.25, 0.3) is 6.08 Å². The first-order valence-corrected chi connectivity index (χ1v) is 4.96. The van der Waals surface area contributed by atoms with Gasteiger partial charge in [0.05, 0.1) is 13.7 Å². The monoisotopic (exact) mass is 242 g/mol. The maximum Gasteiger partial charge on any atom is 0.330 e. The quantitative estimate of drug-likeness (QED) is 0.601. The molecule has 0 aliphatic heterocycles. The lowest BCUT2D eigenvalue weighted by molar-refractivity contribution is -0.137. The molecule has 0 aromatic heterocycles. The molecule has 1 aromatic carbocycles. The molecule has 0 saturated heterocycles. The highest BCUT2D eigenvalue weighted by Gasteiger charge is 2.08. The van der Waals surface area contributed by atoms with Gasteiger partial charge >= 0.3 is 5.97 Å². The Hall–Kier alpha value is -1.91. The first-order valence-electron chi connectivity index (χ1n) is 4.96. The van der Waals surface area contributed by atoms with Gasteiger partial charge in [0.1, 0.15) is 5.82 Å². The zero-order chi connectivity index (χ0) is 12.8. The Balaban J connectivity index is 2.92. The molecular weight excluding hydrogens is 230 g/mol. The molecule has 1 aromatic rings. The van der Waals surface area contributed by atoms with Gasteiger partial charge < -0.3 is 9.47 Å². The topological polar surface area (TPSA) is 35.5 Å². The molecule has 0 atom stereocenters. The molecule has 0 spiro atoms. The molecule has 0 heterocycles. The van der Waals surface area contributed by atoms with Crippen LogP contribution in [-0.4, -0.2) is 19.7 Å². The highest BCUT2D eigenvalue weighted by Crippen LogP contribution is 2.21. The second-order valence-corrected chi connectivity index (χ2v) is 3.09. The van der Waals surface area contributed by atoms with Crippen LogP contribution in [0.5, 0.6) is 5.75 Å². The smallest absolute Gasteiger partial charge is 0.330 e. The van der Waals surface area contributed by atoms with Crippen LogP contribution in [0.4, 0.5) is 8.78 Å². The number of hydrogen-bond acceptors (Lipinski definition) is 3. The summed E-state index contributed by atoms with van der Waals surface area (Å²) in [6.07, 6.45) is 2.18. The van der Waals surface area contributed by atoms with Crippen LogP contribution in [0.15, 0.2) is 18.2 Å². The van der Waals surface area contributed by atoms with Crippen molar-refractivity contribution in [3.8, 4) is 5.75 Å². The van der Waals surface area contributed by atoms with E-state index in [0.29, 0.717) is 0 Å². The average Bonchev–Trinajstić information content (AvgIpc) is 2.30. The van der Waals surface area contributed by atoms with Crippen molar-refractivity contribution in [1.29, 1.82) is 0 Å². The first-order chi connectivity index (χ1) is 8.08.